The molecule has 0 spiro atoms. The van der Waals surface area contributed by atoms with Gasteiger partial charge in [-0.1, -0.05) is 18.2 Å². The van der Waals surface area contributed by atoms with Gasteiger partial charge in [-0.3, -0.25) is 24.0 Å². The molecular formula is C24H34N6O6S. The Morgan fingerprint density at radius 3 is 2.30 bits per heavy atom. The highest BCUT2D eigenvalue weighted by molar-refractivity contribution is 7.98. The third-order valence-electron chi connectivity index (χ3n) is 5.74. The van der Waals surface area contributed by atoms with Crippen molar-refractivity contribution in [2.24, 2.45) is 11.5 Å². The van der Waals surface area contributed by atoms with Crippen LogP contribution in [0.5, 0.6) is 0 Å². The SMILES string of the molecule is CSCCC(NC(=O)C(N)CCC(N)=O)C(=O)NC(Cc1c[nH]c2ccccc12)C(=O)NC(C)C(=O)O. The van der Waals surface area contributed by atoms with Crippen molar-refractivity contribution in [1.29, 1.82) is 0 Å². The van der Waals surface area contributed by atoms with Gasteiger partial charge in [-0.2, -0.15) is 11.8 Å². The summed E-state index contributed by atoms with van der Waals surface area (Å²) in [5.41, 5.74) is 12.5. The molecule has 2 aromatic rings. The molecule has 13 heteroatoms. The molecular weight excluding hydrogens is 500 g/mol. The third-order valence-corrected chi connectivity index (χ3v) is 6.39. The summed E-state index contributed by atoms with van der Waals surface area (Å²) in [6.07, 6.45) is 3.85. The number of hydrogen-bond donors (Lipinski definition) is 7. The number of hydrogen-bond acceptors (Lipinski definition) is 7. The molecule has 0 saturated heterocycles. The number of carbonyl (C=O) groups excluding carboxylic acids is 4. The number of aromatic nitrogens is 1. The summed E-state index contributed by atoms with van der Waals surface area (Å²) < 4.78 is 0. The number of para-hydroxylation sites is 1. The minimum Gasteiger partial charge on any atom is -0.480 e. The maximum atomic E-state index is 13.2. The Morgan fingerprint density at radius 1 is 1.00 bits per heavy atom. The van der Waals surface area contributed by atoms with Gasteiger partial charge in [-0.15, -0.1) is 0 Å². The zero-order valence-electron chi connectivity index (χ0n) is 20.8. The molecule has 4 atom stereocenters. The number of thioether (sulfide) groups is 1. The molecule has 0 radical (unpaired) electrons. The highest BCUT2D eigenvalue weighted by Gasteiger charge is 2.30. The first-order valence-electron chi connectivity index (χ1n) is 11.7. The van der Waals surface area contributed by atoms with Crippen molar-refractivity contribution in [1.82, 2.24) is 20.9 Å². The number of aliphatic carboxylic acids is 1. The molecule has 4 amide bonds. The van der Waals surface area contributed by atoms with Crippen molar-refractivity contribution in [2.45, 2.75) is 56.8 Å². The summed E-state index contributed by atoms with van der Waals surface area (Å²) in [6, 6.07) is 3.09. The molecule has 0 aliphatic heterocycles. The van der Waals surface area contributed by atoms with Gasteiger partial charge in [0.2, 0.25) is 23.6 Å². The van der Waals surface area contributed by atoms with Crippen LogP contribution in [0.25, 0.3) is 10.9 Å². The molecule has 9 N–H and O–H groups in total. The monoisotopic (exact) mass is 534 g/mol. The van der Waals surface area contributed by atoms with Crippen LogP contribution in [0.2, 0.25) is 0 Å². The number of carboxylic acid groups (broad SMARTS) is 1. The van der Waals surface area contributed by atoms with Gasteiger partial charge in [0.25, 0.3) is 0 Å². The number of aromatic amines is 1. The second kappa shape index (κ2) is 14.2. The fourth-order valence-electron chi connectivity index (χ4n) is 3.59. The first-order chi connectivity index (χ1) is 17.5. The summed E-state index contributed by atoms with van der Waals surface area (Å²) in [5.74, 6) is -3.21. The Labute approximate surface area is 218 Å². The smallest absolute Gasteiger partial charge is 0.325 e. The zero-order valence-corrected chi connectivity index (χ0v) is 21.6. The van der Waals surface area contributed by atoms with Crippen molar-refractivity contribution in [3.8, 4) is 0 Å². The number of primary amides is 1. The molecule has 0 aliphatic rings. The maximum absolute atomic E-state index is 13.2. The topological polar surface area (TPSA) is 209 Å². The molecule has 1 aromatic carbocycles. The minimum absolute atomic E-state index is 0.0245. The average Bonchev–Trinajstić information content (AvgIpc) is 3.26. The number of nitrogens with one attached hydrogen (secondary N) is 4. The Kier molecular flexibility index (Phi) is 11.4. The van der Waals surface area contributed by atoms with E-state index in [2.05, 4.69) is 20.9 Å². The standard InChI is InChI=1S/C24H34N6O6S/c1-13(24(35)36)28-23(34)19(11-14-12-27-17-6-4-3-5-15(14)17)30-22(33)18(9-10-37-2)29-21(32)16(25)7-8-20(26)31/h3-6,12-13,16,18-19,27H,7-11,25H2,1-2H3,(H2,26,31)(H,28,34)(H,29,32)(H,30,33)(H,35,36). The molecule has 0 aliphatic carbocycles. The number of nitrogens with two attached hydrogens (primary N) is 2. The minimum atomic E-state index is -1.22. The molecule has 0 saturated carbocycles. The van der Waals surface area contributed by atoms with Crippen molar-refractivity contribution < 1.29 is 29.1 Å². The second-order valence-electron chi connectivity index (χ2n) is 8.65. The van der Waals surface area contributed by atoms with Gasteiger partial charge < -0.3 is 37.5 Å². The number of fused-ring (bicyclic) bond motifs is 1. The zero-order chi connectivity index (χ0) is 27.5. The van der Waals surface area contributed by atoms with E-state index >= 15 is 0 Å². The maximum Gasteiger partial charge on any atom is 0.325 e. The molecule has 1 heterocycles. The largest absolute Gasteiger partial charge is 0.480 e. The normalized spacial score (nSPS) is 14.2. The number of amides is 4. The lowest BCUT2D eigenvalue weighted by Crippen LogP contribution is -2.57. The summed E-state index contributed by atoms with van der Waals surface area (Å²) >= 11 is 1.47. The van der Waals surface area contributed by atoms with Crippen LogP contribution in [0, 0.1) is 0 Å². The van der Waals surface area contributed by atoms with E-state index in [1.165, 1.54) is 18.7 Å². The van der Waals surface area contributed by atoms with Gasteiger partial charge in [-0.05, 0) is 43.4 Å². The van der Waals surface area contributed by atoms with Crippen molar-refractivity contribution in [3.05, 3.63) is 36.0 Å². The molecule has 37 heavy (non-hydrogen) atoms. The molecule has 202 valence electrons. The highest BCUT2D eigenvalue weighted by atomic mass is 32.2. The van der Waals surface area contributed by atoms with Gasteiger partial charge in [-0.25, -0.2) is 0 Å². The third kappa shape index (κ3) is 9.10. The summed E-state index contributed by atoms with van der Waals surface area (Å²) in [5, 5.41) is 17.7. The molecule has 12 nitrogen and oxygen atoms in total. The van der Waals surface area contributed by atoms with Crippen LogP contribution in [-0.4, -0.2) is 75.9 Å². The quantitative estimate of drug-likeness (QED) is 0.160. The van der Waals surface area contributed by atoms with E-state index in [1.54, 1.807) is 6.20 Å². The Morgan fingerprint density at radius 2 is 1.65 bits per heavy atom. The van der Waals surface area contributed by atoms with Crippen LogP contribution < -0.4 is 27.4 Å². The van der Waals surface area contributed by atoms with Crippen LogP contribution in [0.1, 0.15) is 31.7 Å². The predicted molar refractivity (Wildman–Crippen MR) is 141 cm³/mol. The summed E-state index contributed by atoms with van der Waals surface area (Å²) in [7, 11) is 0. The van der Waals surface area contributed by atoms with Crippen LogP contribution in [-0.2, 0) is 30.4 Å². The predicted octanol–water partition coefficient (Wildman–Crippen LogP) is -0.385. The summed E-state index contributed by atoms with van der Waals surface area (Å²) in [4.78, 5) is 64.2. The van der Waals surface area contributed by atoms with E-state index in [4.69, 9.17) is 11.5 Å². The van der Waals surface area contributed by atoms with E-state index in [1.807, 2.05) is 30.5 Å². The van der Waals surface area contributed by atoms with Gasteiger partial charge in [0.1, 0.15) is 18.1 Å². The van der Waals surface area contributed by atoms with E-state index in [-0.39, 0.29) is 25.7 Å². The number of benzene rings is 1. The first kappa shape index (κ1) is 29.6. The number of H-pyrrole nitrogens is 1. The van der Waals surface area contributed by atoms with Gasteiger partial charge in [0.05, 0.1) is 6.04 Å². The fraction of sp³-hybridized carbons (Fsp3) is 0.458. The van der Waals surface area contributed by atoms with Crippen molar-refractivity contribution in [2.75, 3.05) is 12.0 Å². The van der Waals surface area contributed by atoms with Crippen LogP contribution >= 0.6 is 11.8 Å². The van der Waals surface area contributed by atoms with E-state index < -0.39 is 53.8 Å². The number of carbonyl (C=O) groups is 5. The van der Waals surface area contributed by atoms with E-state index in [9.17, 15) is 29.1 Å². The van der Waals surface area contributed by atoms with Crippen LogP contribution in [0.15, 0.2) is 30.5 Å². The first-order valence-corrected chi connectivity index (χ1v) is 13.1. The average molecular weight is 535 g/mol. The number of carboxylic acids is 1. The lowest BCUT2D eigenvalue weighted by atomic mass is 10.0. The van der Waals surface area contributed by atoms with Crippen molar-refractivity contribution >= 4 is 52.3 Å². The van der Waals surface area contributed by atoms with E-state index in [0.717, 1.165) is 16.5 Å². The summed E-state index contributed by atoms with van der Waals surface area (Å²) in [6.45, 7) is 1.32. The lowest BCUT2D eigenvalue weighted by Gasteiger charge is -2.24. The number of rotatable bonds is 15. The van der Waals surface area contributed by atoms with E-state index in [0.29, 0.717) is 5.75 Å². The lowest BCUT2D eigenvalue weighted by molar-refractivity contribution is -0.141. The highest BCUT2D eigenvalue weighted by Crippen LogP contribution is 2.19. The van der Waals surface area contributed by atoms with Gasteiger partial charge in [0, 0.05) is 29.9 Å². The Bertz CT molecular complexity index is 1120. The second-order valence-corrected chi connectivity index (χ2v) is 9.63. The molecule has 0 bridgehead atoms. The van der Waals surface area contributed by atoms with Crippen LogP contribution in [0.3, 0.4) is 0 Å². The molecule has 2 rings (SSSR count). The van der Waals surface area contributed by atoms with Crippen molar-refractivity contribution in [3.63, 3.8) is 0 Å². The van der Waals surface area contributed by atoms with Gasteiger partial charge in [0.15, 0.2) is 0 Å². The molecule has 0 fully saturated rings. The van der Waals surface area contributed by atoms with Crippen LogP contribution in [0.4, 0.5) is 0 Å². The Hall–Kier alpha value is -3.58. The molecule has 1 aromatic heterocycles. The Balaban J connectivity index is 2.23. The fourth-order valence-corrected chi connectivity index (χ4v) is 4.06. The molecule has 4 unspecified atom stereocenters. The van der Waals surface area contributed by atoms with Gasteiger partial charge >= 0.3 is 5.97 Å².